The molecule has 0 aliphatic heterocycles. The third kappa shape index (κ3) is 2.76. The fourth-order valence-corrected chi connectivity index (χ4v) is 3.64. The Balaban J connectivity index is 1.55. The zero-order valence-corrected chi connectivity index (χ0v) is 16.2. The summed E-state index contributed by atoms with van der Waals surface area (Å²) in [5.41, 5.74) is 4.52. The van der Waals surface area contributed by atoms with E-state index in [4.69, 9.17) is 4.98 Å². The Labute approximate surface area is 174 Å². The highest BCUT2D eigenvalue weighted by molar-refractivity contribution is 5.96. The maximum absolute atomic E-state index is 14.8. The van der Waals surface area contributed by atoms with E-state index in [2.05, 4.69) is 35.1 Å². The van der Waals surface area contributed by atoms with Crippen molar-refractivity contribution in [1.82, 2.24) is 44.7 Å². The first-order valence-corrected chi connectivity index (χ1v) is 9.46. The van der Waals surface area contributed by atoms with Gasteiger partial charge in [-0.3, -0.25) is 9.67 Å². The Morgan fingerprint density at radius 1 is 1.03 bits per heavy atom. The van der Waals surface area contributed by atoms with E-state index in [0.717, 1.165) is 11.2 Å². The van der Waals surface area contributed by atoms with Crippen LogP contribution in [0.1, 0.15) is 5.69 Å². The number of aromatic amines is 2. The lowest BCUT2D eigenvalue weighted by atomic mass is 10.1. The molecule has 10 heteroatoms. The monoisotopic (exact) mass is 411 g/mol. The zero-order chi connectivity index (χ0) is 20.9. The van der Waals surface area contributed by atoms with Crippen molar-refractivity contribution in [3.05, 3.63) is 67.2 Å². The van der Waals surface area contributed by atoms with Crippen molar-refractivity contribution in [2.45, 2.75) is 6.92 Å². The van der Waals surface area contributed by atoms with E-state index in [1.807, 2.05) is 29.8 Å². The molecule has 0 fully saturated rings. The number of pyridine rings is 1. The van der Waals surface area contributed by atoms with Crippen LogP contribution in [0.15, 0.2) is 55.6 Å². The maximum Gasteiger partial charge on any atom is 0.166 e. The first-order chi connectivity index (χ1) is 15.2. The van der Waals surface area contributed by atoms with Crippen molar-refractivity contribution in [2.24, 2.45) is 0 Å². The number of aromatic nitrogens is 9. The molecule has 31 heavy (non-hydrogen) atoms. The minimum Gasteiger partial charge on any atom is -0.336 e. The van der Waals surface area contributed by atoms with Gasteiger partial charge in [0.2, 0.25) is 0 Å². The summed E-state index contributed by atoms with van der Waals surface area (Å²) < 4.78 is 16.6. The number of nitrogens with one attached hydrogen (secondary N) is 2. The van der Waals surface area contributed by atoms with Crippen molar-refractivity contribution in [1.29, 1.82) is 0 Å². The highest BCUT2D eigenvalue weighted by Gasteiger charge is 2.18. The molecule has 0 radical (unpaired) electrons. The lowest BCUT2D eigenvalue weighted by Crippen LogP contribution is -1.95. The third-order valence-corrected chi connectivity index (χ3v) is 5.08. The molecule has 6 rings (SSSR count). The largest absolute Gasteiger partial charge is 0.336 e. The van der Waals surface area contributed by atoms with Gasteiger partial charge in [-0.05, 0) is 30.7 Å². The molecule has 0 bridgehead atoms. The first kappa shape index (κ1) is 17.4. The second-order valence-electron chi connectivity index (χ2n) is 7.12. The molecule has 0 aliphatic rings. The molecule has 9 nitrogen and oxygen atoms in total. The van der Waals surface area contributed by atoms with Crippen LogP contribution in [0.3, 0.4) is 0 Å². The fourth-order valence-electron chi connectivity index (χ4n) is 3.64. The molecule has 2 N–H and O–H groups in total. The number of hydrogen-bond donors (Lipinski definition) is 2. The van der Waals surface area contributed by atoms with Gasteiger partial charge in [-0.25, -0.2) is 29.3 Å². The molecule has 0 amide bonds. The average Bonchev–Trinajstić information content (AvgIpc) is 3.51. The van der Waals surface area contributed by atoms with Crippen LogP contribution in [0.5, 0.6) is 0 Å². The standard InChI is InChI=1S/C21H14FN9/c1-11-8-31(10-26-11)21-19-16(2-3-25-21)27-20(28-19)18-14-4-12(13-6-23-9-24-7-13)5-15(22)17(14)29-30-18/h2-10H,1H3,(H,27,28)(H,29,30). The van der Waals surface area contributed by atoms with Crippen LogP contribution in [-0.2, 0) is 0 Å². The Bertz CT molecular complexity index is 1560. The second kappa shape index (κ2) is 6.52. The quantitative estimate of drug-likeness (QED) is 0.460. The van der Waals surface area contributed by atoms with Gasteiger partial charge in [-0.2, -0.15) is 5.10 Å². The van der Waals surface area contributed by atoms with E-state index < -0.39 is 5.82 Å². The summed E-state index contributed by atoms with van der Waals surface area (Å²) in [5, 5.41) is 7.68. The van der Waals surface area contributed by atoms with E-state index in [-0.39, 0.29) is 5.52 Å². The van der Waals surface area contributed by atoms with Crippen molar-refractivity contribution in [3.8, 4) is 28.5 Å². The Kier molecular flexibility index (Phi) is 3.66. The van der Waals surface area contributed by atoms with Gasteiger partial charge in [0.15, 0.2) is 17.5 Å². The molecular weight excluding hydrogens is 397 g/mol. The number of nitrogens with zero attached hydrogens (tertiary/aromatic N) is 7. The summed E-state index contributed by atoms with van der Waals surface area (Å²) in [6.45, 7) is 1.91. The highest BCUT2D eigenvalue weighted by atomic mass is 19.1. The van der Waals surface area contributed by atoms with Gasteiger partial charge in [0, 0.05) is 35.7 Å². The number of H-pyrrole nitrogens is 2. The van der Waals surface area contributed by atoms with Crippen LogP contribution in [0.4, 0.5) is 4.39 Å². The summed E-state index contributed by atoms with van der Waals surface area (Å²) in [5.74, 6) is 0.744. The molecule has 0 aliphatic carbocycles. The summed E-state index contributed by atoms with van der Waals surface area (Å²) in [4.78, 5) is 24.8. The Hall–Kier alpha value is -4.47. The minimum atomic E-state index is -0.439. The number of benzene rings is 1. The molecule has 0 spiro atoms. The van der Waals surface area contributed by atoms with Crippen molar-refractivity contribution in [3.63, 3.8) is 0 Å². The van der Waals surface area contributed by atoms with Gasteiger partial charge >= 0.3 is 0 Å². The third-order valence-electron chi connectivity index (χ3n) is 5.08. The molecule has 5 aromatic heterocycles. The topological polar surface area (TPSA) is 114 Å². The Morgan fingerprint density at radius 3 is 2.71 bits per heavy atom. The number of halogens is 1. The predicted octanol–water partition coefficient (Wildman–Crippen LogP) is 3.59. The molecule has 6 aromatic rings. The molecular formula is C21H14FN9. The van der Waals surface area contributed by atoms with Crippen LogP contribution < -0.4 is 0 Å². The molecule has 1 aromatic carbocycles. The Morgan fingerprint density at radius 2 is 1.90 bits per heavy atom. The van der Waals surface area contributed by atoms with Crippen molar-refractivity contribution in [2.75, 3.05) is 0 Å². The second-order valence-corrected chi connectivity index (χ2v) is 7.12. The van der Waals surface area contributed by atoms with Gasteiger partial charge in [0.05, 0.1) is 11.2 Å². The minimum absolute atomic E-state index is 0.236. The number of fused-ring (bicyclic) bond motifs is 2. The number of aryl methyl sites for hydroxylation is 1. The van der Waals surface area contributed by atoms with Crippen LogP contribution in [0.2, 0.25) is 0 Å². The van der Waals surface area contributed by atoms with Gasteiger partial charge in [-0.15, -0.1) is 0 Å². The van der Waals surface area contributed by atoms with E-state index in [1.165, 1.54) is 12.4 Å². The summed E-state index contributed by atoms with van der Waals surface area (Å²) >= 11 is 0. The van der Waals surface area contributed by atoms with E-state index in [9.17, 15) is 4.39 Å². The maximum atomic E-state index is 14.8. The zero-order valence-electron chi connectivity index (χ0n) is 16.2. The number of hydrogen-bond acceptors (Lipinski definition) is 6. The number of rotatable bonds is 3. The van der Waals surface area contributed by atoms with E-state index in [0.29, 0.717) is 39.4 Å². The van der Waals surface area contributed by atoms with Gasteiger partial charge < -0.3 is 4.98 Å². The van der Waals surface area contributed by atoms with Crippen LogP contribution in [0.25, 0.3) is 50.4 Å². The first-order valence-electron chi connectivity index (χ1n) is 9.46. The SMILES string of the molecule is Cc1cn(-c2nccc3[nH]c(-c4[nH]nc5c(F)cc(-c6cncnc6)cc45)nc23)cn1. The lowest BCUT2D eigenvalue weighted by Gasteiger charge is -2.02. The normalized spacial score (nSPS) is 11.5. The average molecular weight is 411 g/mol. The molecule has 0 saturated heterocycles. The smallest absolute Gasteiger partial charge is 0.166 e. The summed E-state index contributed by atoms with van der Waals surface area (Å²) in [6.07, 6.45) is 9.99. The van der Waals surface area contributed by atoms with Crippen LogP contribution >= 0.6 is 0 Å². The molecule has 0 unspecified atom stereocenters. The number of imidazole rings is 2. The molecule has 150 valence electrons. The van der Waals surface area contributed by atoms with E-state index >= 15 is 0 Å². The highest BCUT2D eigenvalue weighted by Crippen LogP contribution is 2.32. The van der Waals surface area contributed by atoms with Gasteiger partial charge in [0.25, 0.3) is 0 Å². The fraction of sp³-hybridized carbons (Fsp3) is 0.0476. The van der Waals surface area contributed by atoms with Gasteiger partial charge in [0.1, 0.15) is 29.4 Å². The van der Waals surface area contributed by atoms with Crippen molar-refractivity contribution >= 4 is 21.9 Å². The predicted molar refractivity (Wildman–Crippen MR) is 112 cm³/mol. The summed E-state index contributed by atoms with van der Waals surface area (Å²) in [7, 11) is 0. The van der Waals surface area contributed by atoms with E-state index in [1.54, 1.807) is 24.9 Å². The van der Waals surface area contributed by atoms with Gasteiger partial charge in [-0.1, -0.05) is 0 Å². The summed E-state index contributed by atoms with van der Waals surface area (Å²) in [6, 6.07) is 5.11. The molecule has 5 heterocycles. The van der Waals surface area contributed by atoms with Crippen LogP contribution in [0, 0.1) is 12.7 Å². The van der Waals surface area contributed by atoms with Crippen molar-refractivity contribution < 1.29 is 4.39 Å². The lowest BCUT2D eigenvalue weighted by molar-refractivity contribution is 0.636. The van der Waals surface area contributed by atoms with Crippen LogP contribution in [-0.4, -0.2) is 44.7 Å². The molecule has 0 saturated carbocycles. The molecule has 0 atom stereocenters.